The van der Waals surface area contributed by atoms with E-state index in [4.69, 9.17) is 13.9 Å². The van der Waals surface area contributed by atoms with Crippen LogP contribution >= 0.6 is 0 Å². The second-order valence-corrected chi connectivity index (χ2v) is 18.2. The van der Waals surface area contributed by atoms with E-state index in [0.29, 0.717) is 5.82 Å². The molecular formula is C70H59Ir2N6O3-2. The predicted octanol–water partition coefficient (Wildman–Crippen LogP) is 17.4. The van der Waals surface area contributed by atoms with E-state index in [2.05, 4.69) is 109 Å². The number of aliphatic hydroxyl groups excluding tert-OH is 1. The summed E-state index contributed by atoms with van der Waals surface area (Å²) in [6, 6.07) is 72.3. The zero-order valence-corrected chi connectivity index (χ0v) is 50.8. The maximum atomic E-state index is 7.57. The molecule has 14 rings (SSSR count). The smallest absolute Gasteiger partial charge is 0.457 e. The van der Waals surface area contributed by atoms with Crippen LogP contribution in [0.4, 0.5) is 0 Å². The van der Waals surface area contributed by atoms with E-state index in [0.717, 1.165) is 127 Å². The van der Waals surface area contributed by atoms with Crippen molar-refractivity contribution >= 4 is 65.4 Å². The van der Waals surface area contributed by atoms with Crippen LogP contribution in [-0.2, 0) is 40.2 Å². The van der Waals surface area contributed by atoms with Crippen molar-refractivity contribution in [3.8, 4) is 45.3 Å². The van der Waals surface area contributed by atoms with Crippen molar-refractivity contribution in [3.63, 3.8) is 0 Å². The summed E-state index contributed by atoms with van der Waals surface area (Å²) in [6.45, 7) is 9.89. The molecule has 11 heteroatoms. The first-order valence-electron chi connectivity index (χ1n) is 25.3. The molecule has 14 aromatic rings. The molecule has 1 N–H and O–H groups in total. The predicted molar refractivity (Wildman–Crippen MR) is 325 cm³/mol. The van der Waals surface area contributed by atoms with Crippen LogP contribution in [0, 0.1) is 60.7 Å². The third kappa shape index (κ3) is 14.7. The Morgan fingerprint density at radius 1 is 0.420 bits per heavy atom. The van der Waals surface area contributed by atoms with Gasteiger partial charge in [0, 0.05) is 90.0 Å². The SMILES string of the molecule is CCO.Cc1cccc(-c2[c-]cccc2)n1.Cc1cccc(-c2[c-]cccc2)n1.Cc1cnc(-c2[c-]ccc3cc4c(cc23)oc2ccccc24)nc1.Cc1cnc(-c2cccc3cc4c(cc23)oc2ccccc24)nc1.[CH3-].[CH3-].[Ir+3].[Ir]. The van der Waals surface area contributed by atoms with Gasteiger partial charge in [-0.15, -0.1) is 95.4 Å². The van der Waals surface area contributed by atoms with Crippen LogP contribution in [0.2, 0.25) is 0 Å². The summed E-state index contributed by atoms with van der Waals surface area (Å²) >= 11 is 0. The Morgan fingerprint density at radius 2 is 0.864 bits per heavy atom. The number of para-hydroxylation sites is 2. The number of furan rings is 2. The molecule has 9 nitrogen and oxygen atoms in total. The first-order chi connectivity index (χ1) is 37.7. The minimum atomic E-state index is 0. The summed E-state index contributed by atoms with van der Waals surface area (Å²) < 4.78 is 12.0. The van der Waals surface area contributed by atoms with Gasteiger partial charge in [0.05, 0.1) is 5.82 Å². The van der Waals surface area contributed by atoms with Crippen molar-refractivity contribution in [1.29, 1.82) is 0 Å². The molecule has 6 heterocycles. The van der Waals surface area contributed by atoms with Crippen LogP contribution in [0.5, 0.6) is 0 Å². The van der Waals surface area contributed by atoms with Crippen LogP contribution in [0.25, 0.3) is 111 Å². The third-order valence-corrected chi connectivity index (χ3v) is 12.5. The number of nitrogens with zero attached hydrogens (tertiary/aromatic N) is 6. The number of pyridine rings is 2. The van der Waals surface area contributed by atoms with Gasteiger partial charge in [-0.2, -0.15) is 0 Å². The second kappa shape index (κ2) is 29.2. The maximum Gasteiger partial charge on any atom is 3.00 e. The normalized spacial score (nSPS) is 10.2. The average molecular weight is 1420 g/mol. The van der Waals surface area contributed by atoms with Gasteiger partial charge in [0.25, 0.3) is 0 Å². The van der Waals surface area contributed by atoms with Crippen molar-refractivity contribution in [2.24, 2.45) is 0 Å². The number of aryl methyl sites for hydroxylation is 4. The molecule has 6 aromatic heterocycles. The van der Waals surface area contributed by atoms with E-state index in [9.17, 15) is 0 Å². The zero-order chi connectivity index (χ0) is 53.1. The average Bonchev–Trinajstić information content (AvgIpc) is 4.12. The molecule has 407 valence electrons. The summed E-state index contributed by atoms with van der Waals surface area (Å²) in [5.41, 5.74) is 13.7. The molecular weight excluding hydrogens is 1360 g/mol. The number of benzene rings is 8. The number of aliphatic hydroxyl groups is 1. The fourth-order valence-corrected chi connectivity index (χ4v) is 8.86. The number of rotatable bonds is 4. The molecule has 81 heavy (non-hydrogen) atoms. The Balaban J connectivity index is 0.000000174. The molecule has 0 amide bonds. The van der Waals surface area contributed by atoms with Gasteiger partial charge in [0.15, 0.2) is 5.82 Å². The van der Waals surface area contributed by atoms with Crippen molar-refractivity contribution in [1.82, 2.24) is 29.9 Å². The number of hydrogen-bond donors (Lipinski definition) is 1. The monoisotopic (exact) mass is 1420 g/mol. The summed E-state index contributed by atoms with van der Waals surface area (Å²) in [5.74, 6) is 1.42. The van der Waals surface area contributed by atoms with E-state index >= 15 is 0 Å². The van der Waals surface area contributed by atoms with E-state index < -0.39 is 0 Å². The molecule has 0 unspecified atom stereocenters. The zero-order valence-electron chi connectivity index (χ0n) is 46.0. The molecule has 0 fully saturated rings. The molecule has 0 bridgehead atoms. The summed E-state index contributed by atoms with van der Waals surface area (Å²) in [4.78, 5) is 26.7. The van der Waals surface area contributed by atoms with Crippen LogP contribution in [-0.4, -0.2) is 41.6 Å². The van der Waals surface area contributed by atoms with Gasteiger partial charge in [0.1, 0.15) is 22.3 Å². The van der Waals surface area contributed by atoms with Gasteiger partial charge in [-0.05, 0) is 104 Å². The van der Waals surface area contributed by atoms with Crippen LogP contribution < -0.4 is 0 Å². The van der Waals surface area contributed by atoms with Gasteiger partial charge in [-0.25, -0.2) is 9.97 Å². The van der Waals surface area contributed by atoms with Crippen LogP contribution in [0.1, 0.15) is 29.4 Å². The fourth-order valence-electron chi connectivity index (χ4n) is 8.86. The van der Waals surface area contributed by atoms with Crippen molar-refractivity contribution in [2.45, 2.75) is 34.6 Å². The molecule has 0 spiro atoms. The van der Waals surface area contributed by atoms with Gasteiger partial charge in [-0.3, -0.25) is 9.97 Å². The Kier molecular flexibility index (Phi) is 22.3. The topological polar surface area (TPSA) is 124 Å². The molecule has 1 radical (unpaired) electrons. The second-order valence-electron chi connectivity index (χ2n) is 18.2. The molecule has 0 saturated carbocycles. The van der Waals surface area contributed by atoms with Gasteiger partial charge < -0.3 is 38.8 Å². The summed E-state index contributed by atoms with van der Waals surface area (Å²) in [7, 11) is 0. The Bertz CT molecular complexity index is 3990. The molecule has 0 aliphatic rings. The first kappa shape index (κ1) is 61.8. The fraction of sp³-hybridized carbons (Fsp3) is 0.0857. The van der Waals surface area contributed by atoms with E-state index in [1.165, 1.54) is 0 Å². The van der Waals surface area contributed by atoms with E-state index in [1.807, 2.05) is 180 Å². The van der Waals surface area contributed by atoms with Crippen molar-refractivity contribution < 1.29 is 54.2 Å². The Hall–Kier alpha value is -8.40. The number of fused-ring (bicyclic) bond motifs is 8. The van der Waals surface area contributed by atoms with E-state index in [-0.39, 0.29) is 61.7 Å². The molecule has 0 aliphatic carbocycles. The Morgan fingerprint density at radius 3 is 1.35 bits per heavy atom. The quantitative estimate of drug-likeness (QED) is 0.172. The number of aromatic nitrogens is 6. The molecule has 0 saturated heterocycles. The molecule has 0 atom stereocenters. The van der Waals surface area contributed by atoms with Gasteiger partial charge in [-0.1, -0.05) is 102 Å². The standard InChI is InChI=1S/C21H14N2O.C21H13N2O.2C12H10N.C2H6O.2CH3.2Ir/c2*1-13-11-22-21(23-12-13)16-7-4-5-14-9-18-15-6-2-3-8-19(15)24-20(18)10-17(14)16;2*1-10-6-5-9-12(13-10)11-7-3-2-4-8-11;1-2-3;;;;/h2-12H,1H3;2-6,8-12H,1H3;2*2-7,9H,1H3;3H,2H2,1H3;2*1H3;;/q;3*-1;;2*-1;;+3. The number of hydrogen-bond acceptors (Lipinski definition) is 9. The van der Waals surface area contributed by atoms with E-state index in [1.54, 1.807) is 6.92 Å². The van der Waals surface area contributed by atoms with Crippen LogP contribution in [0.3, 0.4) is 0 Å². The summed E-state index contributed by atoms with van der Waals surface area (Å²) in [5, 5.41) is 16.6. The Labute approximate surface area is 501 Å². The minimum Gasteiger partial charge on any atom is -0.457 e. The molecule has 0 aliphatic heterocycles. The molecule has 8 aromatic carbocycles. The van der Waals surface area contributed by atoms with Crippen LogP contribution in [0.15, 0.2) is 222 Å². The third-order valence-electron chi connectivity index (χ3n) is 12.5. The van der Waals surface area contributed by atoms with Gasteiger partial charge in [0.2, 0.25) is 0 Å². The van der Waals surface area contributed by atoms with Gasteiger partial charge >= 0.3 is 20.1 Å². The largest absolute Gasteiger partial charge is 3.00 e. The maximum absolute atomic E-state index is 7.57. The minimum absolute atomic E-state index is 0. The first-order valence-corrected chi connectivity index (χ1v) is 25.3. The van der Waals surface area contributed by atoms with Crippen molar-refractivity contribution in [2.75, 3.05) is 6.61 Å². The van der Waals surface area contributed by atoms with Crippen molar-refractivity contribution in [3.05, 3.63) is 268 Å². The summed E-state index contributed by atoms with van der Waals surface area (Å²) in [6.07, 6.45) is 7.35.